The smallest absolute Gasteiger partial charge is 0.416 e. The molecule has 1 unspecified atom stereocenters. The second kappa shape index (κ2) is 8.59. The number of nitrogens with zero attached hydrogens (tertiary/aromatic N) is 1. The van der Waals surface area contributed by atoms with Crippen LogP contribution < -0.4 is 4.74 Å². The Balaban J connectivity index is 2.71. The molecule has 6 heteroatoms. The van der Waals surface area contributed by atoms with E-state index in [0.29, 0.717) is 17.7 Å². The van der Waals surface area contributed by atoms with Gasteiger partial charge in [-0.05, 0) is 35.8 Å². The van der Waals surface area contributed by atoms with E-state index in [1.807, 2.05) is 13.0 Å². The highest BCUT2D eigenvalue weighted by Crippen LogP contribution is 2.41. The molecule has 0 heterocycles. The molecule has 0 aromatic heterocycles. The molecule has 3 nitrogen and oxygen atoms in total. The minimum Gasteiger partial charge on any atom is -0.497 e. The van der Waals surface area contributed by atoms with Gasteiger partial charge in [0.2, 0.25) is 0 Å². The first-order valence-corrected chi connectivity index (χ1v) is 8.56. The molecule has 0 saturated carbocycles. The van der Waals surface area contributed by atoms with Crippen molar-refractivity contribution in [2.75, 3.05) is 21.3 Å². The van der Waals surface area contributed by atoms with Crippen LogP contribution in [0.2, 0.25) is 0 Å². The van der Waals surface area contributed by atoms with Crippen LogP contribution in [0.4, 0.5) is 13.2 Å². The SMILES string of the molecule is CCC(/C=C(\c1ccc(OC)cc1)C(F)(F)F)(c1ccccc1)N(C)OC. The fourth-order valence-corrected chi connectivity index (χ4v) is 3.11. The molecule has 1 atom stereocenters. The topological polar surface area (TPSA) is 21.7 Å². The van der Waals surface area contributed by atoms with Crippen molar-refractivity contribution in [3.05, 3.63) is 71.8 Å². The van der Waals surface area contributed by atoms with Crippen molar-refractivity contribution in [2.45, 2.75) is 25.1 Å². The van der Waals surface area contributed by atoms with Gasteiger partial charge in [0, 0.05) is 7.05 Å². The number of halogens is 3. The first-order chi connectivity index (χ1) is 12.8. The van der Waals surface area contributed by atoms with Gasteiger partial charge in [0.1, 0.15) is 5.75 Å². The Morgan fingerprint density at radius 1 is 1.00 bits per heavy atom. The van der Waals surface area contributed by atoms with E-state index in [9.17, 15) is 13.2 Å². The normalized spacial score (nSPS) is 14.9. The highest BCUT2D eigenvalue weighted by Gasteiger charge is 2.41. The molecule has 0 aliphatic heterocycles. The van der Waals surface area contributed by atoms with Crippen molar-refractivity contribution < 1.29 is 22.7 Å². The lowest BCUT2D eigenvalue weighted by Gasteiger charge is -2.38. The predicted molar refractivity (Wildman–Crippen MR) is 100 cm³/mol. The number of ether oxygens (including phenoxy) is 1. The van der Waals surface area contributed by atoms with Gasteiger partial charge in [-0.2, -0.15) is 18.2 Å². The summed E-state index contributed by atoms with van der Waals surface area (Å²) in [5.41, 5.74) is -1.02. The molecule has 2 rings (SSSR count). The van der Waals surface area contributed by atoms with Gasteiger partial charge in [0.25, 0.3) is 0 Å². The first kappa shape index (κ1) is 21.0. The summed E-state index contributed by atoms with van der Waals surface area (Å²) >= 11 is 0. The average molecular weight is 379 g/mol. The van der Waals surface area contributed by atoms with Crippen LogP contribution in [-0.2, 0) is 10.4 Å². The van der Waals surface area contributed by atoms with E-state index < -0.39 is 17.3 Å². The van der Waals surface area contributed by atoms with Gasteiger partial charge in [0.15, 0.2) is 0 Å². The molecule has 2 aromatic rings. The van der Waals surface area contributed by atoms with Gasteiger partial charge >= 0.3 is 6.18 Å². The van der Waals surface area contributed by atoms with Crippen molar-refractivity contribution in [1.29, 1.82) is 0 Å². The molecule has 146 valence electrons. The van der Waals surface area contributed by atoms with E-state index in [4.69, 9.17) is 9.57 Å². The van der Waals surface area contributed by atoms with E-state index in [0.717, 1.165) is 0 Å². The highest BCUT2D eigenvalue weighted by atomic mass is 19.4. The van der Waals surface area contributed by atoms with Crippen molar-refractivity contribution in [3.63, 3.8) is 0 Å². The van der Waals surface area contributed by atoms with E-state index >= 15 is 0 Å². The maximum Gasteiger partial charge on any atom is 0.416 e. The number of benzene rings is 2. The van der Waals surface area contributed by atoms with E-state index in [1.165, 1.54) is 49.6 Å². The van der Waals surface area contributed by atoms with Gasteiger partial charge in [-0.1, -0.05) is 49.4 Å². The quantitative estimate of drug-likeness (QED) is 0.598. The largest absolute Gasteiger partial charge is 0.497 e. The number of likely N-dealkylation sites (N-methyl/N-ethyl adjacent to an activating group) is 1. The third-order valence-electron chi connectivity index (χ3n) is 4.74. The zero-order chi connectivity index (χ0) is 20.1. The average Bonchev–Trinajstić information content (AvgIpc) is 2.68. The molecule has 0 saturated heterocycles. The zero-order valence-electron chi connectivity index (χ0n) is 15.9. The molecule has 0 fully saturated rings. The summed E-state index contributed by atoms with van der Waals surface area (Å²) in [6.07, 6.45) is -2.90. The molecular weight excluding hydrogens is 355 g/mol. The lowest BCUT2D eigenvalue weighted by Crippen LogP contribution is -2.42. The standard InChI is InChI=1S/C21H24F3NO2/c1-5-20(25(2)27-4,17-9-7-6-8-10-17)15-19(21(22,23)24)16-11-13-18(26-3)14-12-16/h6-15H,5H2,1-4H3/b19-15+. The Kier molecular flexibility index (Phi) is 6.68. The Morgan fingerprint density at radius 3 is 2.04 bits per heavy atom. The molecule has 0 aliphatic rings. The fourth-order valence-electron chi connectivity index (χ4n) is 3.11. The molecule has 0 bridgehead atoms. The molecule has 0 N–H and O–H groups in total. The summed E-state index contributed by atoms with van der Waals surface area (Å²) < 4.78 is 47.0. The van der Waals surface area contributed by atoms with E-state index in [2.05, 4.69) is 0 Å². The summed E-state index contributed by atoms with van der Waals surface area (Å²) in [7, 11) is 4.55. The summed E-state index contributed by atoms with van der Waals surface area (Å²) in [5, 5.41) is 1.46. The van der Waals surface area contributed by atoms with Crippen LogP contribution in [0.3, 0.4) is 0 Å². The second-order valence-electron chi connectivity index (χ2n) is 6.11. The molecule has 0 spiro atoms. The van der Waals surface area contributed by atoms with Crippen LogP contribution in [0, 0.1) is 0 Å². The first-order valence-electron chi connectivity index (χ1n) is 8.56. The maximum atomic E-state index is 14.0. The summed E-state index contributed by atoms with van der Waals surface area (Å²) in [6, 6.07) is 14.9. The van der Waals surface area contributed by atoms with E-state index in [-0.39, 0.29) is 5.56 Å². The molecule has 2 aromatic carbocycles. The number of hydroxylamine groups is 2. The number of alkyl halides is 3. The zero-order valence-corrected chi connectivity index (χ0v) is 15.9. The monoisotopic (exact) mass is 379 g/mol. The second-order valence-corrected chi connectivity index (χ2v) is 6.11. The van der Waals surface area contributed by atoms with Crippen molar-refractivity contribution in [3.8, 4) is 5.75 Å². The predicted octanol–water partition coefficient (Wildman–Crippen LogP) is 5.44. The van der Waals surface area contributed by atoms with Gasteiger partial charge in [-0.25, -0.2) is 0 Å². The van der Waals surface area contributed by atoms with Gasteiger partial charge in [0.05, 0.1) is 25.3 Å². The van der Waals surface area contributed by atoms with Crippen LogP contribution in [-0.4, -0.2) is 32.5 Å². The molecule has 0 aliphatic carbocycles. The number of methoxy groups -OCH3 is 1. The van der Waals surface area contributed by atoms with Crippen LogP contribution in [0.5, 0.6) is 5.75 Å². The Labute approximate surface area is 158 Å². The molecule has 27 heavy (non-hydrogen) atoms. The Bertz CT molecular complexity index is 757. The number of allylic oxidation sites excluding steroid dienone is 1. The lowest BCUT2D eigenvalue weighted by molar-refractivity contribution is -0.173. The molecule has 0 amide bonds. The lowest BCUT2D eigenvalue weighted by atomic mass is 9.83. The number of hydrogen-bond donors (Lipinski definition) is 0. The minimum atomic E-state index is -4.53. The number of hydrogen-bond acceptors (Lipinski definition) is 3. The van der Waals surface area contributed by atoms with Crippen molar-refractivity contribution >= 4 is 5.57 Å². The van der Waals surface area contributed by atoms with Crippen LogP contribution in [0.15, 0.2) is 60.7 Å². The van der Waals surface area contributed by atoms with Gasteiger partial charge in [-0.3, -0.25) is 0 Å². The highest BCUT2D eigenvalue weighted by molar-refractivity contribution is 5.71. The van der Waals surface area contributed by atoms with E-state index in [1.54, 1.807) is 31.3 Å². The van der Waals surface area contributed by atoms with Gasteiger partial charge < -0.3 is 9.57 Å². The van der Waals surface area contributed by atoms with Gasteiger partial charge in [-0.15, -0.1) is 0 Å². The summed E-state index contributed by atoms with van der Waals surface area (Å²) in [5.74, 6) is 0.499. The number of rotatable bonds is 7. The maximum absolute atomic E-state index is 14.0. The van der Waals surface area contributed by atoms with Crippen molar-refractivity contribution in [2.24, 2.45) is 0 Å². The van der Waals surface area contributed by atoms with Crippen LogP contribution in [0.1, 0.15) is 24.5 Å². The third kappa shape index (κ3) is 4.51. The summed E-state index contributed by atoms with van der Waals surface area (Å²) in [4.78, 5) is 5.35. The third-order valence-corrected chi connectivity index (χ3v) is 4.74. The molecular formula is C21H24F3NO2. The minimum absolute atomic E-state index is 0.0709. The molecule has 0 radical (unpaired) electrons. The van der Waals surface area contributed by atoms with Crippen LogP contribution >= 0.6 is 0 Å². The van der Waals surface area contributed by atoms with Crippen LogP contribution in [0.25, 0.3) is 5.57 Å². The Morgan fingerprint density at radius 2 is 1.59 bits per heavy atom. The van der Waals surface area contributed by atoms with Crippen molar-refractivity contribution in [1.82, 2.24) is 5.06 Å². The fraction of sp³-hybridized carbons (Fsp3) is 0.333. The summed E-state index contributed by atoms with van der Waals surface area (Å²) in [6.45, 7) is 1.83. The Hall–Kier alpha value is -2.31.